The average Bonchev–Trinajstić information content (AvgIpc) is 3.87. The van der Waals surface area contributed by atoms with E-state index in [-0.39, 0.29) is 0 Å². The molecule has 12 aromatic rings. The van der Waals surface area contributed by atoms with Gasteiger partial charge < -0.3 is 9.13 Å². The smallest absolute Gasteiger partial charge is 0.0991 e. The van der Waals surface area contributed by atoms with Crippen LogP contribution in [0.15, 0.2) is 182 Å². The lowest BCUT2D eigenvalue weighted by Gasteiger charge is -2.18. The number of hydrogen-bond acceptors (Lipinski definition) is 2. The van der Waals surface area contributed by atoms with Gasteiger partial charge in [-0.1, -0.05) is 119 Å². The van der Waals surface area contributed by atoms with Crippen LogP contribution in [0.4, 0.5) is 0 Å². The van der Waals surface area contributed by atoms with Crippen LogP contribution in [0.5, 0.6) is 0 Å². The van der Waals surface area contributed by atoms with Crippen LogP contribution in [0.1, 0.15) is 50.1 Å². The molecule has 0 fully saturated rings. The predicted molar refractivity (Wildman–Crippen MR) is 303 cm³/mol. The molecule has 3 aromatic heterocycles. The van der Waals surface area contributed by atoms with Gasteiger partial charge in [0.25, 0.3) is 0 Å². The molecule has 0 amide bonds. The summed E-state index contributed by atoms with van der Waals surface area (Å²) < 4.78 is 4.76. The van der Waals surface area contributed by atoms with Gasteiger partial charge in [-0.25, -0.2) is 0 Å². The molecular weight excluding hydrogens is 873 g/mol. The van der Waals surface area contributed by atoms with Crippen LogP contribution < -0.4 is 0 Å². The molecule has 4 heteroatoms. The topological polar surface area (TPSA) is 46.5 Å². The van der Waals surface area contributed by atoms with E-state index in [1.807, 2.05) is 24.4 Å². The van der Waals surface area contributed by atoms with E-state index in [4.69, 9.17) is 4.98 Å². The van der Waals surface area contributed by atoms with Crippen LogP contribution in [-0.2, 0) is 0 Å². The van der Waals surface area contributed by atoms with E-state index in [9.17, 15) is 5.26 Å². The van der Waals surface area contributed by atoms with E-state index >= 15 is 0 Å². The molecule has 0 N–H and O–H groups in total. The van der Waals surface area contributed by atoms with Crippen molar-refractivity contribution in [1.29, 1.82) is 5.26 Å². The Labute approximate surface area is 421 Å². The van der Waals surface area contributed by atoms with Crippen molar-refractivity contribution in [3.05, 3.63) is 232 Å². The van der Waals surface area contributed by atoms with Crippen LogP contribution in [0.3, 0.4) is 0 Å². The van der Waals surface area contributed by atoms with Gasteiger partial charge in [-0.2, -0.15) is 5.26 Å². The van der Waals surface area contributed by atoms with Gasteiger partial charge in [0.1, 0.15) is 0 Å². The Hall–Kier alpha value is -8.78. The fourth-order valence-corrected chi connectivity index (χ4v) is 11.6. The number of rotatable bonds is 7. The fraction of sp³-hybridized carbons (Fsp3) is 0.118. The molecule has 0 saturated carbocycles. The first-order valence-corrected chi connectivity index (χ1v) is 24.9. The molecule has 12 rings (SSSR count). The molecule has 346 valence electrons. The minimum Gasteiger partial charge on any atom is -0.309 e. The van der Waals surface area contributed by atoms with Gasteiger partial charge in [-0.05, 0) is 201 Å². The Kier molecular flexibility index (Phi) is 10.7. The third-order valence-corrected chi connectivity index (χ3v) is 15.0. The summed E-state index contributed by atoms with van der Waals surface area (Å²) in [5, 5.41) is 15.2. The van der Waals surface area contributed by atoms with Crippen molar-refractivity contribution < 1.29 is 0 Å². The molecule has 0 atom stereocenters. The van der Waals surface area contributed by atoms with Crippen LogP contribution in [0.2, 0.25) is 0 Å². The predicted octanol–water partition coefficient (Wildman–Crippen LogP) is 17.9. The van der Waals surface area contributed by atoms with E-state index in [1.165, 1.54) is 89.0 Å². The monoisotopic (exact) mass is 926 g/mol. The summed E-state index contributed by atoms with van der Waals surface area (Å²) >= 11 is 0. The third-order valence-electron chi connectivity index (χ3n) is 15.0. The van der Waals surface area contributed by atoms with Crippen LogP contribution >= 0.6 is 0 Å². The van der Waals surface area contributed by atoms with Crippen molar-refractivity contribution in [2.75, 3.05) is 0 Å². The van der Waals surface area contributed by atoms with Crippen LogP contribution in [0, 0.1) is 66.7 Å². The number of pyridine rings is 1. The maximum atomic E-state index is 10.6. The third kappa shape index (κ3) is 7.40. The minimum absolute atomic E-state index is 0.568. The Morgan fingerprint density at radius 2 is 0.708 bits per heavy atom. The summed E-state index contributed by atoms with van der Waals surface area (Å²) in [6.45, 7) is 17.4. The highest BCUT2D eigenvalue weighted by molar-refractivity contribution is 6.14. The standard InChI is InChI=1S/C68H54N4/c1-40-11-20-53(44(5)30-40)49-16-25-62-57(35-49)58-36-50(54-21-12-41(2)31-45(54)6)17-26-63(58)71(62)66-24-15-48(39-69)34-61(66)68-67(10-9-29-70-68)72-64-27-18-51(55-22-13-42(3)32-46(55)7)37-59(64)60-38-52(19-28-65(60)72)56-23-14-43(4)33-47(56)8/h9-38H,1-8H3. The normalized spacial score (nSPS) is 11.6. The van der Waals surface area contributed by atoms with Crippen molar-refractivity contribution in [3.63, 3.8) is 0 Å². The second-order valence-corrected chi connectivity index (χ2v) is 20.1. The molecule has 3 heterocycles. The first kappa shape index (κ1) is 44.4. The molecule has 0 spiro atoms. The lowest BCUT2D eigenvalue weighted by atomic mass is 9.95. The second kappa shape index (κ2) is 17.3. The zero-order valence-electron chi connectivity index (χ0n) is 42.1. The SMILES string of the molecule is Cc1ccc(-c2ccc3c(c2)c2cc(-c4ccc(C)cc4C)ccc2n3-c2ccc(C#N)cc2-c2ncccc2-n2c3ccc(-c4ccc(C)cc4C)cc3c3cc(-c4ccc(C)cc4C)ccc32)c(C)c1. The molecule has 9 aromatic carbocycles. The number of nitriles is 1. The van der Waals surface area contributed by atoms with Crippen molar-refractivity contribution in [1.82, 2.24) is 14.1 Å². The minimum atomic E-state index is 0.568. The number of nitrogens with zero attached hydrogens (tertiary/aromatic N) is 4. The van der Waals surface area contributed by atoms with Gasteiger partial charge >= 0.3 is 0 Å². The van der Waals surface area contributed by atoms with Gasteiger partial charge in [0.15, 0.2) is 0 Å². The van der Waals surface area contributed by atoms with E-state index in [2.05, 4.69) is 228 Å². The summed E-state index contributed by atoms with van der Waals surface area (Å²) in [7, 11) is 0. The van der Waals surface area contributed by atoms with E-state index < -0.39 is 0 Å². The number of fused-ring (bicyclic) bond motifs is 6. The van der Waals surface area contributed by atoms with E-state index in [1.54, 1.807) is 0 Å². The lowest BCUT2D eigenvalue weighted by Crippen LogP contribution is -2.03. The second-order valence-electron chi connectivity index (χ2n) is 20.1. The summed E-state index contributed by atoms with van der Waals surface area (Å²) in [6.07, 6.45) is 1.88. The Bertz CT molecular complexity index is 4050. The molecule has 0 aliphatic carbocycles. The molecule has 0 bridgehead atoms. The van der Waals surface area contributed by atoms with Gasteiger partial charge in [0, 0.05) is 33.3 Å². The average molecular weight is 927 g/mol. The maximum absolute atomic E-state index is 10.6. The number of aromatic nitrogens is 3. The summed E-state index contributed by atoms with van der Waals surface area (Å²) in [5.74, 6) is 0. The Balaban J connectivity index is 1.12. The van der Waals surface area contributed by atoms with Crippen molar-refractivity contribution in [2.45, 2.75) is 55.4 Å². The fourth-order valence-electron chi connectivity index (χ4n) is 11.6. The van der Waals surface area contributed by atoms with Crippen molar-refractivity contribution in [3.8, 4) is 73.2 Å². The summed E-state index contributed by atoms with van der Waals surface area (Å²) in [5.41, 5.74) is 28.0. The number of hydrogen-bond donors (Lipinski definition) is 0. The lowest BCUT2D eigenvalue weighted by molar-refractivity contribution is 1.13. The van der Waals surface area contributed by atoms with E-state index in [0.29, 0.717) is 5.56 Å². The highest BCUT2D eigenvalue weighted by Crippen LogP contribution is 2.44. The number of aryl methyl sites for hydroxylation is 8. The molecule has 72 heavy (non-hydrogen) atoms. The zero-order valence-corrected chi connectivity index (χ0v) is 42.1. The van der Waals surface area contributed by atoms with Gasteiger partial charge in [0.2, 0.25) is 0 Å². The largest absolute Gasteiger partial charge is 0.309 e. The van der Waals surface area contributed by atoms with Crippen LogP contribution in [-0.4, -0.2) is 14.1 Å². The molecule has 0 unspecified atom stereocenters. The van der Waals surface area contributed by atoms with Gasteiger partial charge in [-0.15, -0.1) is 0 Å². The zero-order chi connectivity index (χ0) is 49.5. The van der Waals surface area contributed by atoms with Gasteiger partial charge in [0.05, 0.1) is 50.8 Å². The first-order chi connectivity index (χ1) is 34.9. The first-order valence-electron chi connectivity index (χ1n) is 24.9. The molecule has 0 saturated heterocycles. The summed E-state index contributed by atoms with van der Waals surface area (Å²) in [6, 6.07) is 67.2. The Morgan fingerprint density at radius 1 is 0.347 bits per heavy atom. The van der Waals surface area contributed by atoms with Crippen LogP contribution in [0.25, 0.3) is 111 Å². The molecular formula is C68H54N4. The van der Waals surface area contributed by atoms with Crippen molar-refractivity contribution >= 4 is 43.6 Å². The molecule has 0 radical (unpaired) electrons. The molecule has 0 aliphatic rings. The molecule has 0 aliphatic heterocycles. The highest BCUT2D eigenvalue weighted by atomic mass is 15.0. The van der Waals surface area contributed by atoms with Crippen molar-refractivity contribution in [2.24, 2.45) is 0 Å². The Morgan fingerprint density at radius 3 is 1.06 bits per heavy atom. The highest BCUT2D eigenvalue weighted by Gasteiger charge is 2.24. The quantitative estimate of drug-likeness (QED) is 0.160. The number of benzene rings is 9. The summed E-state index contributed by atoms with van der Waals surface area (Å²) in [4.78, 5) is 5.29. The van der Waals surface area contributed by atoms with E-state index in [0.717, 1.165) is 66.2 Å². The maximum Gasteiger partial charge on any atom is 0.0991 e. The van der Waals surface area contributed by atoms with Gasteiger partial charge in [-0.3, -0.25) is 4.98 Å². The molecule has 4 nitrogen and oxygen atoms in total.